The van der Waals surface area contributed by atoms with Crippen molar-refractivity contribution in [2.45, 2.75) is 37.6 Å². The van der Waals surface area contributed by atoms with Crippen LogP contribution in [0.4, 0.5) is 4.39 Å². The molecule has 2 saturated heterocycles. The number of halogens is 1. The molecule has 0 radical (unpaired) electrons. The number of ether oxygens (including phenoxy) is 2. The van der Waals surface area contributed by atoms with Crippen molar-refractivity contribution in [1.82, 2.24) is 4.90 Å². The zero-order valence-corrected chi connectivity index (χ0v) is 11.2. The van der Waals surface area contributed by atoms with Crippen molar-refractivity contribution in [2.24, 2.45) is 0 Å². The average Bonchev–Trinajstić information content (AvgIpc) is 2.38. The summed E-state index contributed by atoms with van der Waals surface area (Å²) in [6, 6.07) is 7.66. The van der Waals surface area contributed by atoms with Crippen LogP contribution in [-0.4, -0.2) is 43.4 Å². The van der Waals surface area contributed by atoms with Gasteiger partial charge in [0.25, 0.3) is 0 Å². The van der Waals surface area contributed by atoms with E-state index in [1.807, 2.05) is 6.07 Å². The van der Waals surface area contributed by atoms with Crippen molar-refractivity contribution in [3.63, 3.8) is 0 Å². The van der Waals surface area contributed by atoms with Gasteiger partial charge in [0.2, 0.25) is 0 Å². The third-order valence-corrected chi connectivity index (χ3v) is 4.22. The van der Waals surface area contributed by atoms with E-state index in [9.17, 15) is 4.39 Å². The zero-order valence-electron chi connectivity index (χ0n) is 11.2. The minimum absolute atomic E-state index is 0.161. The van der Waals surface area contributed by atoms with Gasteiger partial charge in [-0.1, -0.05) is 12.1 Å². The van der Waals surface area contributed by atoms with E-state index in [0.29, 0.717) is 18.2 Å². The van der Waals surface area contributed by atoms with E-state index in [1.165, 1.54) is 6.07 Å². The number of hydrogen-bond acceptors (Lipinski definition) is 3. The van der Waals surface area contributed by atoms with Crippen molar-refractivity contribution in [2.75, 3.05) is 20.3 Å². The number of fused-ring (bicyclic) bond motifs is 2. The highest BCUT2D eigenvalue weighted by Crippen LogP contribution is 2.30. The number of hydrogen-bond donors (Lipinski definition) is 0. The van der Waals surface area contributed by atoms with Crippen LogP contribution >= 0.6 is 0 Å². The smallest absolute Gasteiger partial charge is 0.123 e. The van der Waals surface area contributed by atoms with Crippen LogP contribution in [0.3, 0.4) is 0 Å². The molecule has 0 spiro atoms. The molecule has 2 bridgehead atoms. The van der Waals surface area contributed by atoms with Gasteiger partial charge < -0.3 is 9.47 Å². The van der Waals surface area contributed by atoms with Gasteiger partial charge in [-0.25, -0.2) is 4.39 Å². The molecule has 0 aromatic heterocycles. The summed E-state index contributed by atoms with van der Waals surface area (Å²) in [7, 11) is 1.78. The van der Waals surface area contributed by atoms with Crippen molar-refractivity contribution < 1.29 is 13.9 Å². The predicted molar refractivity (Wildman–Crippen MR) is 70.4 cm³/mol. The molecule has 19 heavy (non-hydrogen) atoms. The lowest BCUT2D eigenvalue weighted by molar-refractivity contribution is -0.115. The Balaban J connectivity index is 1.73. The molecule has 0 amide bonds. The number of benzene rings is 1. The quantitative estimate of drug-likeness (QED) is 0.836. The van der Waals surface area contributed by atoms with E-state index in [2.05, 4.69) is 4.90 Å². The highest BCUT2D eigenvalue weighted by molar-refractivity contribution is 5.17. The maximum absolute atomic E-state index is 13.3. The molecule has 2 unspecified atom stereocenters. The van der Waals surface area contributed by atoms with E-state index >= 15 is 0 Å². The molecule has 1 aromatic carbocycles. The molecule has 1 aromatic rings. The number of nitrogens with zero attached hydrogens (tertiary/aromatic N) is 1. The second-order valence-corrected chi connectivity index (χ2v) is 5.48. The van der Waals surface area contributed by atoms with Crippen molar-refractivity contribution in [1.29, 1.82) is 0 Å². The summed E-state index contributed by atoms with van der Waals surface area (Å²) in [4.78, 5) is 2.45. The maximum Gasteiger partial charge on any atom is 0.123 e. The fourth-order valence-corrected chi connectivity index (χ4v) is 3.24. The van der Waals surface area contributed by atoms with Crippen LogP contribution in [0.5, 0.6) is 0 Å². The number of piperidine rings is 1. The normalized spacial score (nSPS) is 31.4. The zero-order chi connectivity index (χ0) is 13.2. The molecule has 2 fully saturated rings. The minimum atomic E-state index is -0.161. The van der Waals surface area contributed by atoms with E-state index in [0.717, 1.165) is 38.2 Å². The lowest BCUT2D eigenvalue weighted by atomic mass is 9.91. The van der Waals surface area contributed by atoms with Crippen LogP contribution in [-0.2, 0) is 16.0 Å². The minimum Gasteiger partial charge on any atom is -0.381 e. The van der Waals surface area contributed by atoms with Crippen LogP contribution < -0.4 is 0 Å². The van der Waals surface area contributed by atoms with Gasteiger partial charge in [-0.2, -0.15) is 0 Å². The van der Waals surface area contributed by atoms with E-state index in [4.69, 9.17) is 9.47 Å². The Morgan fingerprint density at radius 2 is 2.05 bits per heavy atom. The first-order valence-electron chi connectivity index (χ1n) is 6.87. The summed E-state index contributed by atoms with van der Waals surface area (Å²) in [5, 5.41) is 0. The number of methoxy groups -OCH3 is 1. The Hall–Kier alpha value is -0.970. The topological polar surface area (TPSA) is 21.7 Å². The third-order valence-electron chi connectivity index (χ3n) is 4.22. The van der Waals surface area contributed by atoms with Crippen LogP contribution in [0.1, 0.15) is 18.4 Å². The Morgan fingerprint density at radius 3 is 2.68 bits per heavy atom. The molecule has 0 saturated carbocycles. The molecular formula is C15H20FNO2. The molecule has 2 aliphatic rings. The first kappa shape index (κ1) is 13.0. The molecule has 104 valence electrons. The fourth-order valence-electron chi connectivity index (χ4n) is 3.24. The SMILES string of the molecule is COC1CC2COCC(C1)N2Cc1cccc(F)c1. The molecular weight excluding hydrogens is 245 g/mol. The van der Waals surface area contributed by atoms with Gasteiger partial charge in [-0.3, -0.25) is 4.90 Å². The highest BCUT2D eigenvalue weighted by Gasteiger charge is 2.38. The highest BCUT2D eigenvalue weighted by atomic mass is 19.1. The largest absolute Gasteiger partial charge is 0.381 e. The Kier molecular flexibility index (Phi) is 3.82. The first-order valence-corrected chi connectivity index (χ1v) is 6.87. The van der Waals surface area contributed by atoms with Gasteiger partial charge in [0, 0.05) is 25.7 Å². The van der Waals surface area contributed by atoms with Gasteiger partial charge >= 0.3 is 0 Å². The molecule has 2 aliphatic heterocycles. The Morgan fingerprint density at radius 1 is 1.32 bits per heavy atom. The van der Waals surface area contributed by atoms with Crippen molar-refractivity contribution in [3.05, 3.63) is 35.6 Å². The van der Waals surface area contributed by atoms with Crippen molar-refractivity contribution in [3.8, 4) is 0 Å². The van der Waals surface area contributed by atoms with Crippen LogP contribution in [0.2, 0.25) is 0 Å². The molecule has 3 nitrogen and oxygen atoms in total. The second kappa shape index (κ2) is 5.57. The second-order valence-electron chi connectivity index (χ2n) is 5.48. The summed E-state index contributed by atoms with van der Waals surface area (Å²) >= 11 is 0. The molecule has 0 N–H and O–H groups in total. The fraction of sp³-hybridized carbons (Fsp3) is 0.600. The Labute approximate surface area is 113 Å². The summed E-state index contributed by atoms with van der Waals surface area (Å²) in [5.74, 6) is -0.161. The molecule has 3 rings (SSSR count). The lowest BCUT2D eigenvalue weighted by Gasteiger charge is -2.48. The number of rotatable bonds is 3. The third kappa shape index (κ3) is 2.81. The number of morpholine rings is 1. The maximum atomic E-state index is 13.3. The lowest BCUT2D eigenvalue weighted by Crippen LogP contribution is -2.57. The van der Waals surface area contributed by atoms with Crippen LogP contribution in [0.25, 0.3) is 0 Å². The Bertz CT molecular complexity index is 426. The van der Waals surface area contributed by atoms with E-state index in [1.54, 1.807) is 19.2 Å². The monoisotopic (exact) mass is 265 g/mol. The molecule has 2 heterocycles. The molecule has 4 heteroatoms. The first-order chi connectivity index (χ1) is 9.26. The van der Waals surface area contributed by atoms with Gasteiger partial charge in [0.05, 0.1) is 19.3 Å². The van der Waals surface area contributed by atoms with Gasteiger partial charge in [0.15, 0.2) is 0 Å². The predicted octanol–water partition coefficient (Wildman–Crippen LogP) is 2.20. The van der Waals surface area contributed by atoms with Gasteiger partial charge in [0.1, 0.15) is 5.82 Å². The van der Waals surface area contributed by atoms with Crippen molar-refractivity contribution >= 4 is 0 Å². The molecule has 2 atom stereocenters. The van der Waals surface area contributed by atoms with E-state index < -0.39 is 0 Å². The average molecular weight is 265 g/mol. The molecule has 0 aliphatic carbocycles. The van der Waals surface area contributed by atoms with Crippen LogP contribution in [0, 0.1) is 5.82 Å². The summed E-state index contributed by atoms with van der Waals surface area (Å²) in [6.45, 7) is 2.31. The summed E-state index contributed by atoms with van der Waals surface area (Å²) in [5.41, 5.74) is 1.03. The van der Waals surface area contributed by atoms with Gasteiger partial charge in [-0.15, -0.1) is 0 Å². The standard InChI is InChI=1S/C15H20FNO2/c1-18-15-6-13-9-19-10-14(7-15)17(13)8-11-3-2-4-12(16)5-11/h2-5,13-15H,6-10H2,1H3. The summed E-state index contributed by atoms with van der Waals surface area (Å²) < 4.78 is 24.4. The van der Waals surface area contributed by atoms with E-state index in [-0.39, 0.29) is 5.82 Å². The summed E-state index contributed by atoms with van der Waals surface area (Å²) in [6.07, 6.45) is 2.34. The van der Waals surface area contributed by atoms with Gasteiger partial charge in [-0.05, 0) is 30.5 Å². The van der Waals surface area contributed by atoms with Crippen LogP contribution in [0.15, 0.2) is 24.3 Å².